The lowest BCUT2D eigenvalue weighted by Gasteiger charge is -2.28. The molecule has 1 N–H and O–H groups in total. The summed E-state index contributed by atoms with van der Waals surface area (Å²) in [5.41, 5.74) is 4.20. The third kappa shape index (κ3) is 3.67. The number of anilines is 1. The minimum Gasteiger partial charge on any atom is -0.478 e. The summed E-state index contributed by atoms with van der Waals surface area (Å²) < 4.78 is 5.44. The Hall–Kier alpha value is -2.56. The van der Waals surface area contributed by atoms with Crippen molar-refractivity contribution in [2.24, 2.45) is 0 Å². The van der Waals surface area contributed by atoms with Crippen molar-refractivity contribution >= 4 is 11.7 Å². The van der Waals surface area contributed by atoms with Gasteiger partial charge in [0.15, 0.2) is 0 Å². The van der Waals surface area contributed by atoms with Crippen molar-refractivity contribution in [1.82, 2.24) is 9.88 Å². The lowest BCUT2D eigenvalue weighted by Crippen LogP contribution is -2.39. The van der Waals surface area contributed by atoms with E-state index in [4.69, 9.17) is 4.74 Å². The van der Waals surface area contributed by atoms with Crippen molar-refractivity contribution in [3.63, 3.8) is 0 Å². The van der Waals surface area contributed by atoms with Gasteiger partial charge in [0.2, 0.25) is 5.88 Å². The number of benzene rings is 1. The van der Waals surface area contributed by atoms with E-state index in [0.29, 0.717) is 25.6 Å². The first-order valence-electron chi connectivity index (χ1n) is 8.46. The van der Waals surface area contributed by atoms with Crippen LogP contribution in [0.2, 0.25) is 0 Å². The van der Waals surface area contributed by atoms with Crippen molar-refractivity contribution in [2.75, 3.05) is 18.5 Å². The van der Waals surface area contributed by atoms with Gasteiger partial charge in [-0.05, 0) is 36.6 Å². The van der Waals surface area contributed by atoms with E-state index < -0.39 is 0 Å². The maximum absolute atomic E-state index is 12.5. The van der Waals surface area contributed by atoms with Crippen LogP contribution in [-0.2, 0) is 19.4 Å². The molecule has 0 radical (unpaired) electrons. The number of fused-ring (bicyclic) bond motifs is 1. The van der Waals surface area contributed by atoms with Crippen LogP contribution in [0.3, 0.4) is 0 Å². The number of amides is 2. The summed E-state index contributed by atoms with van der Waals surface area (Å²) >= 11 is 0. The number of urea groups is 1. The van der Waals surface area contributed by atoms with E-state index in [-0.39, 0.29) is 6.03 Å². The standard InChI is InChI=1S/C19H23N3O2/c1-3-14-5-8-16(9-6-14)20-19(23)22-12-11-17-15(13-22)7-10-18(21-17)24-4-2/h5-10H,3-4,11-13H2,1-2H3,(H,20,23). The zero-order chi connectivity index (χ0) is 16.9. The normalized spacial score (nSPS) is 13.3. The Bertz CT molecular complexity index is 713. The molecular weight excluding hydrogens is 302 g/mol. The molecule has 0 saturated heterocycles. The molecule has 2 aromatic rings. The van der Waals surface area contributed by atoms with Crippen molar-refractivity contribution < 1.29 is 9.53 Å². The number of nitrogens with zero attached hydrogens (tertiary/aromatic N) is 2. The summed E-state index contributed by atoms with van der Waals surface area (Å²) in [6.07, 6.45) is 1.74. The Labute approximate surface area is 142 Å². The topological polar surface area (TPSA) is 54.5 Å². The number of nitrogens with one attached hydrogen (secondary N) is 1. The maximum atomic E-state index is 12.5. The molecule has 3 rings (SSSR count). The van der Waals surface area contributed by atoms with Gasteiger partial charge in [0.05, 0.1) is 12.3 Å². The van der Waals surface area contributed by atoms with Crippen LogP contribution < -0.4 is 10.1 Å². The van der Waals surface area contributed by atoms with E-state index in [2.05, 4.69) is 17.2 Å². The average molecular weight is 325 g/mol. The fourth-order valence-electron chi connectivity index (χ4n) is 2.82. The summed E-state index contributed by atoms with van der Waals surface area (Å²) in [6, 6.07) is 11.8. The Kier molecular flexibility index (Phi) is 4.99. The number of ether oxygens (including phenoxy) is 1. The largest absolute Gasteiger partial charge is 0.478 e. The monoisotopic (exact) mass is 325 g/mol. The summed E-state index contributed by atoms with van der Waals surface area (Å²) in [5, 5.41) is 2.97. The summed E-state index contributed by atoms with van der Waals surface area (Å²) in [4.78, 5) is 18.8. The highest BCUT2D eigenvalue weighted by molar-refractivity contribution is 5.89. The molecule has 1 aromatic carbocycles. The van der Waals surface area contributed by atoms with Crippen molar-refractivity contribution in [3.05, 3.63) is 53.2 Å². The van der Waals surface area contributed by atoms with Crippen LogP contribution in [0.15, 0.2) is 36.4 Å². The van der Waals surface area contributed by atoms with E-state index in [9.17, 15) is 4.79 Å². The number of carbonyl (C=O) groups excluding carboxylic acids is 1. The molecule has 126 valence electrons. The minimum atomic E-state index is -0.0706. The molecule has 0 spiro atoms. The first-order chi connectivity index (χ1) is 11.7. The second kappa shape index (κ2) is 7.34. The van der Waals surface area contributed by atoms with E-state index in [0.717, 1.165) is 29.8 Å². The van der Waals surface area contributed by atoms with Crippen molar-refractivity contribution in [3.8, 4) is 5.88 Å². The molecule has 1 aliphatic heterocycles. The molecule has 0 bridgehead atoms. The van der Waals surface area contributed by atoms with Gasteiger partial charge in [0, 0.05) is 31.3 Å². The predicted octanol–water partition coefficient (Wildman–Crippen LogP) is 3.63. The van der Waals surface area contributed by atoms with Crippen molar-refractivity contribution in [2.45, 2.75) is 33.2 Å². The van der Waals surface area contributed by atoms with E-state index in [1.165, 1.54) is 5.56 Å². The Balaban J connectivity index is 1.64. The molecule has 0 unspecified atom stereocenters. The third-order valence-electron chi connectivity index (χ3n) is 4.22. The Morgan fingerprint density at radius 2 is 2.00 bits per heavy atom. The summed E-state index contributed by atoms with van der Waals surface area (Å²) in [7, 11) is 0. The fourth-order valence-corrected chi connectivity index (χ4v) is 2.82. The zero-order valence-corrected chi connectivity index (χ0v) is 14.2. The number of hydrogen-bond donors (Lipinski definition) is 1. The first-order valence-corrected chi connectivity index (χ1v) is 8.46. The SMILES string of the molecule is CCOc1ccc2c(n1)CCN(C(=O)Nc1ccc(CC)cc1)C2. The number of aryl methyl sites for hydroxylation is 1. The van der Waals surface area contributed by atoms with Gasteiger partial charge >= 0.3 is 6.03 Å². The molecule has 0 atom stereocenters. The third-order valence-corrected chi connectivity index (χ3v) is 4.22. The van der Waals surface area contributed by atoms with Crippen LogP contribution in [0.4, 0.5) is 10.5 Å². The lowest BCUT2D eigenvalue weighted by atomic mass is 10.1. The quantitative estimate of drug-likeness (QED) is 0.934. The molecule has 1 aliphatic rings. The highest BCUT2D eigenvalue weighted by Crippen LogP contribution is 2.21. The van der Waals surface area contributed by atoms with E-state index >= 15 is 0 Å². The highest BCUT2D eigenvalue weighted by Gasteiger charge is 2.22. The zero-order valence-electron chi connectivity index (χ0n) is 14.2. The van der Waals surface area contributed by atoms with Gasteiger partial charge in [-0.15, -0.1) is 0 Å². The number of carbonyl (C=O) groups is 1. The van der Waals surface area contributed by atoms with E-state index in [1.54, 1.807) is 0 Å². The van der Waals surface area contributed by atoms with Gasteiger partial charge in [-0.2, -0.15) is 0 Å². The average Bonchev–Trinajstić information content (AvgIpc) is 2.62. The maximum Gasteiger partial charge on any atom is 0.322 e. The molecule has 5 heteroatoms. The number of rotatable bonds is 4. The Morgan fingerprint density at radius 3 is 2.71 bits per heavy atom. The highest BCUT2D eigenvalue weighted by atomic mass is 16.5. The molecule has 2 heterocycles. The van der Waals surface area contributed by atoms with Gasteiger partial charge < -0.3 is 15.0 Å². The second-order valence-corrected chi connectivity index (χ2v) is 5.84. The lowest BCUT2D eigenvalue weighted by molar-refractivity contribution is 0.205. The van der Waals surface area contributed by atoms with Crippen LogP contribution in [0.1, 0.15) is 30.7 Å². The van der Waals surface area contributed by atoms with Gasteiger partial charge in [-0.3, -0.25) is 0 Å². The van der Waals surface area contributed by atoms with Crippen molar-refractivity contribution in [1.29, 1.82) is 0 Å². The molecule has 0 saturated carbocycles. The Morgan fingerprint density at radius 1 is 1.21 bits per heavy atom. The number of pyridine rings is 1. The van der Waals surface area contributed by atoms with E-state index in [1.807, 2.05) is 48.2 Å². The number of aromatic nitrogens is 1. The van der Waals surface area contributed by atoms with Gasteiger partial charge in [-0.25, -0.2) is 9.78 Å². The predicted molar refractivity (Wildman–Crippen MR) is 94.4 cm³/mol. The molecule has 5 nitrogen and oxygen atoms in total. The van der Waals surface area contributed by atoms with Crippen LogP contribution in [-0.4, -0.2) is 29.1 Å². The van der Waals surface area contributed by atoms with Crippen LogP contribution in [0.25, 0.3) is 0 Å². The van der Waals surface area contributed by atoms with Gasteiger partial charge in [0.1, 0.15) is 0 Å². The molecule has 0 aliphatic carbocycles. The van der Waals surface area contributed by atoms with Gasteiger partial charge in [-0.1, -0.05) is 25.1 Å². The minimum absolute atomic E-state index is 0.0706. The smallest absolute Gasteiger partial charge is 0.322 e. The molecular formula is C19H23N3O2. The molecule has 1 aromatic heterocycles. The fraction of sp³-hybridized carbons (Fsp3) is 0.368. The molecule has 24 heavy (non-hydrogen) atoms. The van der Waals surface area contributed by atoms with Crippen LogP contribution in [0, 0.1) is 0 Å². The second-order valence-electron chi connectivity index (χ2n) is 5.84. The summed E-state index contributed by atoms with van der Waals surface area (Å²) in [6.45, 7) is 5.91. The first kappa shape index (κ1) is 16.3. The molecule has 2 amide bonds. The van der Waals surface area contributed by atoms with Gasteiger partial charge in [0.25, 0.3) is 0 Å². The number of hydrogen-bond acceptors (Lipinski definition) is 3. The van der Waals surface area contributed by atoms with Crippen LogP contribution in [0.5, 0.6) is 5.88 Å². The summed E-state index contributed by atoms with van der Waals surface area (Å²) in [5.74, 6) is 0.658. The van der Waals surface area contributed by atoms with Crippen LogP contribution >= 0.6 is 0 Å². The molecule has 0 fully saturated rings.